The minimum atomic E-state index is -0.493. The molecule has 6 rings (SSSR count). The van der Waals surface area contributed by atoms with Crippen molar-refractivity contribution >= 4 is 16.9 Å². The van der Waals surface area contributed by atoms with Crippen LogP contribution in [0, 0.1) is 0 Å². The summed E-state index contributed by atoms with van der Waals surface area (Å²) in [7, 11) is 1.63. The molecule has 1 N–H and O–H groups in total. The van der Waals surface area contributed by atoms with Gasteiger partial charge in [0.25, 0.3) is 5.56 Å². The highest BCUT2D eigenvalue weighted by Crippen LogP contribution is 2.25. The quantitative estimate of drug-likeness (QED) is 0.367. The number of ether oxygens (including phenoxy) is 1. The van der Waals surface area contributed by atoms with Crippen LogP contribution in [0.2, 0.25) is 0 Å². The monoisotopic (exact) mass is 492 g/mol. The predicted octanol–water partition coefficient (Wildman–Crippen LogP) is 3.56. The summed E-state index contributed by atoms with van der Waals surface area (Å²) in [5, 5.41) is 8.89. The number of aryl methyl sites for hydroxylation is 3. The van der Waals surface area contributed by atoms with E-state index in [1.165, 1.54) is 4.57 Å². The number of imidazole rings is 1. The topological polar surface area (TPSA) is 99.2 Å². The summed E-state index contributed by atoms with van der Waals surface area (Å²) in [6, 6.07) is 27.5. The highest BCUT2D eigenvalue weighted by Gasteiger charge is 2.22. The van der Waals surface area contributed by atoms with Crippen molar-refractivity contribution in [3.8, 4) is 17.1 Å². The SMILES string of the molecule is Cn1c(=O)[nH]c(=O)c2c1n1c(-c3ccc(COc4ccccc4)cc3)nnc1n2CCc1ccccc1. The van der Waals surface area contributed by atoms with Crippen molar-refractivity contribution in [3.05, 3.63) is 117 Å². The molecule has 0 unspecified atom stereocenters. The van der Waals surface area contributed by atoms with E-state index >= 15 is 0 Å². The number of aromatic amines is 1. The molecular formula is C28H24N6O3. The number of fused-ring (bicyclic) bond motifs is 3. The van der Waals surface area contributed by atoms with Crippen molar-refractivity contribution in [1.29, 1.82) is 0 Å². The zero-order chi connectivity index (χ0) is 25.4. The summed E-state index contributed by atoms with van der Waals surface area (Å²) in [5.41, 5.74) is 2.85. The molecule has 3 aromatic heterocycles. The molecule has 0 bridgehead atoms. The molecule has 0 aliphatic carbocycles. The number of para-hydroxylation sites is 1. The first-order valence-corrected chi connectivity index (χ1v) is 12.0. The predicted molar refractivity (Wildman–Crippen MR) is 141 cm³/mol. The van der Waals surface area contributed by atoms with Crippen LogP contribution in [0.3, 0.4) is 0 Å². The van der Waals surface area contributed by atoms with Crippen LogP contribution in [0.4, 0.5) is 0 Å². The van der Waals surface area contributed by atoms with Gasteiger partial charge in [-0.2, -0.15) is 0 Å². The highest BCUT2D eigenvalue weighted by atomic mass is 16.5. The van der Waals surface area contributed by atoms with Gasteiger partial charge in [-0.3, -0.25) is 14.3 Å². The van der Waals surface area contributed by atoms with Crippen molar-refractivity contribution in [2.75, 3.05) is 0 Å². The average Bonchev–Trinajstić information content (AvgIpc) is 3.50. The largest absolute Gasteiger partial charge is 0.489 e. The molecule has 0 aliphatic heterocycles. The van der Waals surface area contributed by atoms with Gasteiger partial charge in [0.05, 0.1) is 0 Å². The number of aromatic nitrogens is 6. The maximum Gasteiger partial charge on any atom is 0.329 e. The summed E-state index contributed by atoms with van der Waals surface area (Å²) in [5.74, 6) is 1.86. The van der Waals surface area contributed by atoms with E-state index in [1.54, 1.807) is 11.4 Å². The van der Waals surface area contributed by atoms with E-state index in [-0.39, 0.29) is 0 Å². The van der Waals surface area contributed by atoms with Crippen LogP contribution in [0.15, 0.2) is 94.5 Å². The van der Waals surface area contributed by atoms with Gasteiger partial charge in [-0.15, -0.1) is 10.2 Å². The lowest BCUT2D eigenvalue weighted by molar-refractivity contribution is 0.306. The molecule has 0 aliphatic rings. The van der Waals surface area contributed by atoms with Gasteiger partial charge in [0.2, 0.25) is 5.78 Å². The van der Waals surface area contributed by atoms with Gasteiger partial charge in [0, 0.05) is 19.2 Å². The summed E-state index contributed by atoms with van der Waals surface area (Å²) < 4.78 is 10.9. The fourth-order valence-electron chi connectivity index (χ4n) is 4.56. The molecule has 0 spiro atoms. The van der Waals surface area contributed by atoms with Gasteiger partial charge in [0.1, 0.15) is 12.4 Å². The Balaban J connectivity index is 1.41. The highest BCUT2D eigenvalue weighted by molar-refractivity contribution is 5.79. The second kappa shape index (κ2) is 9.27. The fraction of sp³-hybridized carbons (Fsp3) is 0.143. The molecule has 9 nitrogen and oxygen atoms in total. The maximum atomic E-state index is 13.0. The van der Waals surface area contributed by atoms with Crippen molar-refractivity contribution in [3.63, 3.8) is 0 Å². The van der Waals surface area contributed by atoms with E-state index < -0.39 is 11.2 Å². The zero-order valence-electron chi connectivity index (χ0n) is 20.2. The Kier molecular flexibility index (Phi) is 5.65. The van der Waals surface area contributed by atoms with Gasteiger partial charge in [0.15, 0.2) is 17.0 Å². The van der Waals surface area contributed by atoms with E-state index in [9.17, 15) is 9.59 Å². The van der Waals surface area contributed by atoms with Gasteiger partial charge >= 0.3 is 5.69 Å². The van der Waals surface area contributed by atoms with E-state index in [0.29, 0.717) is 42.3 Å². The Morgan fingerprint density at radius 2 is 1.54 bits per heavy atom. The lowest BCUT2D eigenvalue weighted by Crippen LogP contribution is -2.29. The molecule has 0 saturated carbocycles. The van der Waals surface area contributed by atoms with Gasteiger partial charge < -0.3 is 9.30 Å². The van der Waals surface area contributed by atoms with Crippen molar-refractivity contribution in [2.24, 2.45) is 7.05 Å². The third kappa shape index (κ3) is 4.10. The Bertz CT molecular complexity index is 1810. The van der Waals surface area contributed by atoms with Gasteiger partial charge in [-0.1, -0.05) is 72.8 Å². The minimum absolute atomic E-state index is 0.386. The standard InChI is InChI=1S/C28H24N6O3/c1-32-26-23(25(35)29-28(32)36)33(17-16-19-8-4-2-5-9-19)27-31-30-24(34(26)27)21-14-12-20(13-15-21)18-37-22-10-6-3-7-11-22/h2-15H,16-18H2,1H3,(H,29,35,36). The van der Waals surface area contributed by atoms with E-state index in [1.807, 2.05) is 89.5 Å². The van der Waals surface area contributed by atoms with Gasteiger partial charge in [-0.05, 0) is 29.7 Å². The smallest absolute Gasteiger partial charge is 0.329 e. The van der Waals surface area contributed by atoms with Crippen LogP contribution in [-0.2, 0) is 26.6 Å². The molecule has 184 valence electrons. The number of nitrogens with zero attached hydrogens (tertiary/aromatic N) is 5. The molecule has 0 radical (unpaired) electrons. The number of nitrogens with one attached hydrogen (secondary N) is 1. The number of rotatable bonds is 7. The first kappa shape index (κ1) is 22.5. The molecule has 0 atom stereocenters. The average molecular weight is 493 g/mol. The lowest BCUT2D eigenvalue weighted by atomic mass is 10.1. The summed E-state index contributed by atoms with van der Waals surface area (Å²) >= 11 is 0. The summed E-state index contributed by atoms with van der Waals surface area (Å²) in [4.78, 5) is 27.9. The first-order valence-electron chi connectivity index (χ1n) is 12.0. The normalized spacial score (nSPS) is 11.4. The van der Waals surface area contributed by atoms with E-state index in [0.717, 1.165) is 22.4 Å². The molecule has 9 heteroatoms. The van der Waals surface area contributed by atoms with Crippen LogP contribution < -0.4 is 16.0 Å². The molecule has 0 amide bonds. The Labute approximate surface area is 211 Å². The van der Waals surface area contributed by atoms with Crippen LogP contribution in [0.5, 0.6) is 5.75 Å². The van der Waals surface area contributed by atoms with E-state index in [4.69, 9.17) is 4.74 Å². The van der Waals surface area contributed by atoms with Crippen molar-refractivity contribution in [1.82, 2.24) is 28.7 Å². The summed E-state index contributed by atoms with van der Waals surface area (Å²) in [6.45, 7) is 0.939. The maximum absolute atomic E-state index is 13.0. The number of hydrogen-bond acceptors (Lipinski definition) is 5. The Morgan fingerprint density at radius 1 is 0.838 bits per heavy atom. The van der Waals surface area contributed by atoms with Crippen molar-refractivity contribution < 1.29 is 4.74 Å². The number of benzene rings is 3. The number of H-pyrrole nitrogens is 1. The fourth-order valence-corrected chi connectivity index (χ4v) is 4.56. The van der Waals surface area contributed by atoms with Crippen molar-refractivity contribution in [2.45, 2.75) is 19.6 Å². The first-order chi connectivity index (χ1) is 18.1. The molecule has 0 fully saturated rings. The molecule has 37 heavy (non-hydrogen) atoms. The zero-order valence-corrected chi connectivity index (χ0v) is 20.2. The molecule has 3 heterocycles. The van der Waals surface area contributed by atoms with Crippen LogP contribution >= 0.6 is 0 Å². The Morgan fingerprint density at radius 3 is 2.27 bits per heavy atom. The Hall–Kier alpha value is -4.92. The van der Waals surface area contributed by atoms with Crippen LogP contribution in [-0.4, -0.2) is 28.7 Å². The van der Waals surface area contributed by atoms with Crippen LogP contribution in [0.1, 0.15) is 11.1 Å². The summed E-state index contributed by atoms with van der Waals surface area (Å²) in [6.07, 6.45) is 0.695. The molecular weight excluding hydrogens is 468 g/mol. The van der Waals surface area contributed by atoms with Gasteiger partial charge in [-0.25, -0.2) is 9.20 Å². The van der Waals surface area contributed by atoms with E-state index in [2.05, 4.69) is 15.2 Å². The second-order valence-electron chi connectivity index (χ2n) is 8.84. The lowest BCUT2D eigenvalue weighted by Gasteiger charge is -2.07. The molecule has 3 aromatic carbocycles. The minimum Gasteiger partial charge on any atom is -0.489 e. The third-order valence-electron chi connectivity index (χ3n) is 6.47. The molecule has 6 aromatic rings. The molecule has 0 saturated heterocycles. The third-order valence-corrected chi connectivity index (χ3v) is 6.47. The van der Waals surface area contributed by atoms with Crippen LogP contribution in [0.25, 0.3) is 28.3 Å². The number of hydrogen-bond donors (Lipinski definition) is 1. The second-order valence-corrected chi connectivity index (χ2v) is 8.84.